The second-order valence-electron chi connectivity index (χ2n) is 18.9. The minimum absolute atomic E-state index is 0.597. The third kappa shape index (κ3) is 7.25. The Kier molecular flexibility index (Phi) is 11.3. The average molecular weight is 1010 g/mol. The molecule has 14 rings (SSSR count). The van der Waals surface area contributed by atoms with Gasteiger partial charge in [-0.05, 0) is 115 Å². The zero-order valence-corrected chi connectivity index (χ0v) is 43.1. The Bertz CT molecular complexity index is 3810. The van der Waals surface area contributed by atoms with E-state index in [-0.39, 0.29) is 0 Å². The molecule has 0 unspecified atom stereocenters. The lowest BCUT2D eigenvalue weighted by atomic mass is 10.1. The lowest BCUT2D eigenvalue weighted by Gasteiger charge is -2.45. The van der Waals surface area contributed by atoms with Crippen molar-refractivity contribution in [3.05, 3.63) is 303 Å². The first-order chi connectivity index (χ1) is 37.7. The highest BCUT2D eigenvalue weighted by molar-refractivity contribution is 8.34. The van der Waals surface area contributed by atoms with Gasteiger partial charge >= 0.3 is 0 Å². The summed E-state index contributed by atoms with van der Waals surface area (Å²) in [6.45, 7) is 0. The smallest absolute Gasteiger partial charge is 0.237 e. The Balaban J connectivity index is 1.18. The van der Waals surface area contributed by atoms with E-state index in [9.17, 15) is 0 Å². The summed E-state index contributed by atoms with van der Waals surface area (Å²) >= 11 is 0. The van der Waals surface area contributed by atoms with E-state index >= 15 is 0 Å². The number of nitrogens with zero attached hydrogens (tertiary/aromatic N) is 4. The van der Waals surface area contributed by atoms with E-state index in [4.69, 9.17) is 9.97 Å². The van der Waals surface area contributed by atoms with Crippen LogP contribution in [0.25, 0.3) is 66.6 Å². The fourth-order valence-corrected chi connectivity index (χ4v) is 19.5. The molecule has 0 atom stereocenters. The van der Waals surface area contributed by atoms with Crippen molar-refractivity contribution in [3.63, 3.8) is 0 Å². The van der Waals surface area contributed by atoms with Gasteiger partial charge < -0.3 is 0 Å². The SMILES string of the molecule is c1ccc(S(c2ccccc2)(c2ccccc2)c2cc(-c3cc(-n4c5ccccc5c5ccccc54)nc(-n4c5ccccc5c5ccccc54)n3)cc(S(c3ccccc3)(c3ccccc3)c3ccccc3)c2)cc1. The first-order valence-electron chi connectivity index (χ1n) is 25.7. The summed E-state index contributed by atoms with van der Waals surface area (Å²) < 4.78 is 4.59. The van der Waals surface area contributed by atoms with Crippen LogP contribution in [0.3, 0.4) is 0 Å². The van der Waals surface area contributed by atoms with Gasteiger partial charge in [0.15, 0.2) is 0 Å². The number of aromatic nitrogens is 4. The fraction of sp³-hybridized carbons (Fsp3) is 0. The number of rotatable bonds is 11. The third-order valence-corrected chi connectivity index (χ3v) is 22.5. The van der Waals surface area contributed by atoms with Crippen molar-refractivity contribution in [1.82, 2.24) is 19.1 Å². The van der Waals surface area contributed by atoms with Gasteiger partial charge in [-0.2, -0.15) is 4.98 Å². The van der Waals surface area contributed by atoms with E-state index in [2.05, 4.69) is 312 Å². The second kappa shape index (κ2) is 18.9. The van der Waals surface area contributed by atoms with Crippen LogP contribution in [0.1, 0.15) is 0 Å². The molecule has 0 spiro atoms. The minimum atomic E-state index is -2.23. The summed E-state index contributed by atoms with van der Waals surface area (Å²) in [5, 5.41) is 4.65. The van der Waals surface area contributed by atoms with Gasteiger partial charge in [0, 0.05) is 72.3 Å². The summed E-state index contributed by atoms with van der Waals surface area (Å²) in [6.07, 6.45) is 0. The molecular weight excluding hydrogens is 961 g/mol. The van der Waals surface area contributed by atoms with Crippen molar-refractivity contribution < 1.29 is 0 Å². The van der Waals surface area contributed by atoms with Gasteiger partial charge in [-0.15, -0.1) is 20.1 Å². The van der Waals surface area contributed by atoms with Gasteiger partial charge in [-0.25, -0.2) is 4.98 Å². The summed E-state index contributed by atoms with van der Waals surface area (Å²) in [5.41, 5.74) is 6.07. The normalized spacial score (nSPS) is 12.4. The highest BCUT2D eigenvalue weighted by atomic mass is 32.3. The largest absolute Gasteiger partial charge is 0.294 e. The molecule has 3 aromatic heterocycles. The van der Waals surface area contributed by atoms with Crippen molar-refractivity contribution >= 4 is 63.7 Å². The van der Waals surface area contributed by atoms with Crippen molar-refractivity contribution in [2.75, 3.05) is 0 Å². The molecular formula is C70H50N4S2. The number of fused-ring (bicyclic) bond motifs is 6. The summed E-state index contributed by atoms with van der Waals surface area (Å²) in [7, 11) is -4.47. The van der Waals surface area contributed by atoms with Crippen molar-refractivity contribution in [2.45, 2.75) is 39.2 Å². The highest BCUT2D eigenvalue weighted by Crippen LogP contribution is 2.77. The molecule has 11 aromatic carbocycles. The van der Waals surface area contributed by atoms with E-state index in [0.29, 0.717) is 5.95 Å². The number of para-hydroxylation sites is 4. The Morgan fingerprint density at radius 3 is 0.829 bits per heavy atom. The standard InChI is InChI=1S/C70H50N4S2/c1-7-27-52(28-8-1)75(53-29-9-2-10-30-53,54-31-11-3-12-32-54)58-47-51(48-59(49-58)76(55-33-13-4-14-34-55,56-35-15-5-16-36-56)57-37-17-6-18-38-57)64-50-69(73-65-43-23-19-39-60(65)61-40-20-24-44-66(61)73)72-70(71-64)74-67-45-25-21-41-62(67)63-42-22-26-46-68(63)74/h1-50H. The Hall–Kier alpha value is -9.20. The molecule has 0 bridgehead atoms. The van der Waals surface area contributed by atoms with E-state index in [1.807, 2.05) is 0 Å². The topological polar surface area (TPSA) is 35.6 Å². The molecule has 14 aromatic rings. The van der Waals surface area contributed by atoms with Crippen LogP contribution in [-0.2, 0) is 0 Å². The van der Waals surface area contributed by atoms with Gasteiger partial charge in [0.2, 0.25) is 5.95 Å². The molecule has 0 amide bonds. The van der Waals surface area contributed by atoms with E-state index < -0.39 is 20.1 Å². The van der Waals surface area contributed by atoms with E-state index in [1.165, 1.54) is 49.9 Å². The molecule has 0 aliphatic heterocycles. The number of hydrogen-bond donors (Lipinski definition) is 0. The molecule has 0 fully saturated rings. The van der Waals surface area contributed by atoms with Crippen LogP contribution < -0.4 is 0 Å². The monoisotopic (exact) mass is 1010 g/mol. The van der Waals surface area contributed by atoms with Gasteiger partial charge in [0.25, 0.3) is 0 Å². The maximum atomic E-state index is 5.86. The average Bonchev–Trinajstić information content (AvgIpc) is 4.06. The zero-order valence-electron chi connectivity index (χ0n) is 41.5. The summed E-state index contributed by atoms with van der Waals surface area (Å²) in [6, 6.07) is 112. The van der Waals surface area contributed by atoms with Gasteiger partial charge in [0.1, 0.15) is 5.82 Å². The van der Waals surface area contributed by atoms with Crippen LogP contribution in [-0.4, -0.2) is 19.1 Å². The predicted octanol–water partition coefficient (Wildman–Crippen LogP) is 19.0. The van der Waals surface area contributed by atoms with Crippen molar-refractivity contribution in [2.24, 2.45) is 0 Å². The molecule has 4 nitrogen and oxygen atoms in total. The first kappa shape index (κ1) is 45.4. The second-order valence-corrected chi connectivity index (χ2v) is 25.2. The van der Waals surface area contributed by atoms with Crippen LogP contribution >= 0.6 is 20.1 Å². The van der Waals surface area contributed by atoms with Crippen LogP contribution in [0.15, 0.2) is 342 Å². The van der Waals surface area contributed by atoms with Crippen molar-refractivity contribution in [1.29, 1.82) is 0 Å². The van der Waals surface area contributed by atoms with E-state index in [1.54, 1.807) is 0 Å². The van der Waals surface area contributed by atoms with E-state index in [0.717, 1.165) is 49.9 Å². The first-order valence-corrected chi connectivity index (χ1v) is 29.0. The fourth-order valence-electron chi connectivity index (χ4n) is 11.5. The summed E-state index contributed by atoms with van der Waals surface area (Å²) in [5.74, 6) is 1.38. The Labute approximate surface area is 445 Å². The summed E-state index contributed by atoms with van der Waals surface area (Å²) in [4.78, 5) is 21.4. The molecule has 0 radical (unpaired) electrons. The molecule has 362 valence electrons. The number of benzene rings is 11. The predicted molar refractivity (Wildman–Crippen MR) is 316 cm³/mol. The quantitative estimate of drug-likeness (QED) is 0.129. The van der Waals surface area contributed by atoms with Crippen LogP contribution in [0.4, 0.5) is 0 Å². The maximum absolute atomic E-state index is 5.86. The highest BCUT2D eigenvalue weighted by Gasteiger charge is 2.38. The Morgan fingerprint density at radius 2 is 0.513 bits per heavy atom. The lowest BCUT2D eigenvalue weighted by Crippen LogP contribution is -2.10. The van der Waals surface area contributed by atoms with Crippen LogP contribution in [0, 0.1) is 0 Å². The minimum Gasteiger partial charge on any atom is -0.294 e. The molecule has 0 N–H and O–H groups in total. The van der Waals surface area contributed by atoms with Crippen molar-refractivity contribution in [3.8, 4) is 23.0 Å². The lowest BCUT2D eigenvalue weighted by molar-refractivity contribution is 0.951. The van der Waals surface area contributed by atoms with Crippen LogP contribution in [0.2, 0.25) is 0 Å². The maximum Gasteiger partial charge on any atom is 0.237 e. The molecule has 3 heterocycles. The van der Waals surface area contributed by atoms with Gasteiger partial charge in [-0.1, -0.05) is 182 Å². The molecule has 76 heavy (non-hydrogen) atoms. The molecule has 0 aliphatic rings. The van der Waals surface area contributed by atoms with Crippen LogP contribution in [0.5, 0.6) is 0 Å². The molecule has 6 heteroatoms. The number of hydrogen-bond acceptors (Lipinski definition) is 2. The molecule has 0 saturated carbocycles. The zero-order chi connectivity index (χ0) is 50.5. The molecule has 0 aliphatic carbocycles. The van der Waals surface area contributed by atoms with Gasteiger partial charge in [-0.3, -0.25) is 9.13 Å². The Morgan fingerprint density at radius 1 is 0.237 bits per heavy atom. The third-order valence-electron chi connectivity index (χ3n) is 14.8. The van der Waals surface area contributed by atoms with Gasteiger partial charge in [0.05, 0.1) is 27.8 Å². The molecule has 0 saturated heterocycles.